The second-order valence-corrected chi connectivity index (χ2v) is 5.99. The lowest BCUT2D eigenvalue weighted by Crippen LogP contribution is -2.16. The molecule has 1 nitrogen and oxygen atoms in total. The standard InChI is InChI=1S/C18H39N.ClH/c1-3-5-7-9-11-12-14-16-18-19-17-15-13-10-8-6-4-2;/h19H,3-18H2,1-2H3;1H. The van der Waals surface area contributed by atoms with Crippen molar-refractivity contribution in [2.75, 3.05) is 13.1 Å². The summed E-state index contributed by atoms with van der Waals surface area (Å²) < 4.78 is 0. The van der Waals surface area contributed by atoms with Crippen LogP contribution in [0.1, 0.15) is 104 Å². The molecule has 1 N–H and O–H groups in total. The van der Waals surface area contributed by atoms with Crippen LogP contribution in [0.15, 0.2) is 0 Å². The average Bonchev–Trinajstić information content (AvgIpc) is 2.43. The summed E-state index contributed by atoms with van der Waals surface area (Å²) in [6.45, 7) is 7.05. The number of halogens is 1. The Morgan fingerprint density at radius 3 is 1.10 bits per heavy atom. The van der Waals surface area contributed by atoms with Crippen LogP contribution >= 0.6 is 12.4 Å². The Bertz CT molecular complexity index is 134. The molecule has 0 saturated carbocycles. The predicted molar refractivity (Wildman–Crippen MR) is 96.1 cm³/mol. The van der Waals surface area contributed by atoms with Gasteiger partial charge < -0.3 is 5.32 Å². The highest BCUT2D eigenvalue weighted by atomic mass is 35.5. The number of hydrogen-bond acceptors (Lipinski definition) is 1. The first-order chi connectivity index (χ1) is 9.41. The van der Waals surface area contributed by atoms with E-state index in [2.05, 4.69) is 19.2 Å². The molecule has 0 aliphatic carbocycles. The van der Waals surface area contributed by atoms with Crippen LogP contribution < -0.4 is 5.32 Å². The first-order valence-electron chi connectivity index (χ1n) is 9.12. The third kappa shape index (κ3) is 20.6. The van der Waals surface area contributed by atoms with Crippen molar-refractivity contribution >= 4 is 12.4 Å². The topological polar surface area (TPSA) is 12.0 Å². The second kappa shape index (κ2) is 21.5. The Kier molecular flexibility index (Phi) is 24.3. The molecule has 0 bridgehead atoms. The Labute approximate surface area is 135 Å². The van der Waals surface area contributed by atoms with Gasteiger partial charge in [0.1, 0.15) is 0 Å². The van der Waals surface area contributed by atoms with Gasteiger partial charge in [-0.2, -0.15) is 0 Å². The van der Waals surface area contributed by atoms with E-state index in [9.17, 15) is 0 Å². The summed E-state index contributed by atoms with van der Waals surface area (Å²) in [7, 11) is 0. The smallest absolute Gasteiger partial charge is 0.00489 e. The Balaban J connectivity index is 0. The van der Waals surface area contributed by atoms with Gasteiger partial charge in [0.25, 0.3) is 0 Å². The van der Waals surface area contributed by atoms with E-state index in [1.807, 2.05) is 0 Å². The van der Waals surface area contributed by atoms with E-state index in [4.69, 9.17) is 0 Å². The van der Waals surface area contributed by atoms with Crippen LogP contribution in [-0.2, 0) is 0 Å². The lowest BCUT2D eigenvalue weighted by atomic mass is 10.1. The van der Waals surface area contributed by atoms with Crippen LogP contribution in [-0.4, -0.2) is 13.1 Å². The normalized spacial score (nSPS) is 10.5. The van der Waals surface area contributed by atoms with Crippen LogP contribution in [0.25, 0.3) is 0 Å². The fourth-order valence-corrected chi connectivity index (χ4v) is 2.54. The van der Waals surface area contributed by atoms with Gasteiger partial charge in [-0.3, -0.25) is 0 Å². The molecular formula is C18H40ClN. The van der Waals surface area contributed by atoms with Gasteiger partial charge in [-0.05, 0) is 25.9 Å². The van der Waals surface area contributed by atoms with E-state index in [1.165, 1.54) is 103 Å². The maximum Gasteiger partial charge on any atom is -0.00489 e. The molecule has 124 valence electrons. The van der Waals surface area contributed by atoms with Crippen LogP contribution in [0.4, 0.5) is 0 Å². The monoisotopic (exact) mass is 305 g/mol. The molecule has 0 spiro atoms. The molecule has 0 aliphatic heterocycles. The van der Waals surface area contributed by atoms with Crippen molar-refractivity contribution in [1.29, 1.82) is 0 Å². The zero-order valence-electron chi connectivity index (χ0n) is 14.2. The van der Waals surface area contributed by atoms with Crippen LogP contribution in [0, 0.1) is 0 Å². The molecule has 0 amide bonds. The minimum Gasteiger partial charge on any atom is -0.317 e. The quantitative estimate of drug-likeness (QED) is 0.321. The van der Waals surface area contributed by atoms with Gasteiger partial charge in [0.2, 0.25) is 0 Å². The Morgan fingerprint density at radius 2 is 0.750 bits per heavy atom. The second-order valence-electron chi connectivity index (χ2n) is 5.99. The molecular weight excluding hydrogens is 266 g/mol. The maximum absolute atomic E-state index is 3.59. The first-order valence-corrected chi connectivity index (χ1v) is 9.12. The van der Waals surface area contributed by atoms with Gasteiger partial charge in [0, 0.05) is 0 Å². The molecule has 0 aromatic carbocycles. The molecule has 0 aliphatic rings. The average molecular weight is 306 g/mol. The Hall–Kier alpha value is 0.250. The van der Waals surface area contributed by atoms with Crippen molar-refractivity contribution in [3.05, 3.63) is 0 Å². The van der Waals surface area contributed by atoms with Crippen LogP contribution in [0.2, 0.25) is 0 Å². The highest BCUT2D eigenvalue weighted by Crippen LogP contribution is 2.08. The van der Waals surface area contributed by atoms with Crippen molar-refractivity contribution in [3.8, 4) is 0 Å². The van der Waals surface area contributed by atoms with E-state index in [0.717, 1.165) is 0 Å². The lowest BCUT2D eigenvalue weighted by Gasteiger charge is -2.05. The third-order valence-electron chi connectivity index (χ3n) is 3.91. The third-order valence-corrected chi connectivity index (χ3v) is 3.91. The lowest BCUT2D eigenvalue weighted by molar-refractivity contribution is 0.537. The number of rotatable bonds is 16. The van der Waals surface area contributed by atoms with Gasteiger partial charge in [-0.25, -0.2) is 0 Å². The fourth-order valence-electron chi connectivity index (χ4n) is 2.54. The summed E-state index contributed by atoms with van der Waals surface area (Å²) >= 11 is 0. The SMILES string of the molecule is CCCCCCCCCCNCCCCCCCC.Cl. The number of unbranched alkanes of at least 4 members (excludes halogenated alkanes) is 12. The van der Waals surface area contributed by atoms with Crippen molar-refractivity contribution in [3.63, 3.8) is 0 Å². The Morgan fingerprint density at radius 1 is 0.450 bits per heavy atom. The zero-order valence-corrected chi connectivity index (χ0v) is 15.0. The summed E-state index contributed by atoms with van der Waals surface area (Å²) in [5.41, 5.74) is 0. The van der Waals surface area contributed by atoms with Crippen molar-refractivity contribution in [2.45, 2.75) is 104 Å². The van der Waals surface area contributed by atoms with Gasteiger partial charge >= 0.3 is 0 Å². The van der Waals surface area contributed by atoms with Crippen molar-refractivity contribution in [2.24, 2.45) is 0 Å². The minimum absolute atomic E-state index is 0. The summed E-state index contributed by atoms with van der Waals surface area (Å²) in [6, 6.07) is 0. The largest absolute Gasteiger partial charge is 0.317 e. The molecule has 20 heavy (non-hydrogen) atoms. The van der Waals surface area contributed by atoms with E-state index in [0.29, 0.717) is 0 Å². The number of hydrogen-bond donors (Lipinski definition) is 1. The summed E-state index contributed by atoms with van der Waals surface area (Å²) in [5, 5.41) is 3.59. The molecule has 0 aromatic heterocycles. The van der Waals surface area contributed by atoms with Crippen molar-refractivity contribution < 1.29 is 0 Å². The zero-order chi connectivity index (χ0) is 14.0. The van der Waals surface area contributed by atoms with Gasteiger partial charge in [0.15, 0.2) is 0 Å². The molecule has 0 unspecified atom stereocenters. The molecule has 0 atom stereocenters. The van der Waals surface area contributed by atoms with E-state index in [-0.39, 0.29) is 12.4 Å². The molecule has 0 aromatic rings. The molecule has 0 radical (unpaired) electrons. The van der Waals surface area contributed by atoms with E-state index < -0.39 is 0 Å². The van der Waals surface area contributed by atoms with Gasteiger partial charge in [0.05, 0.1) is 0 Å². The first kappa shape index (κ1) is 22.5. The molecule has 0 fully saturated rings. The predicted octanol–water partition coefficient (Wildman–Crippen LogP) is 6.50. The van der Waals surface area contributed by atoms with Gasteiger partial charge in [-0.1, -0.05) is 90.9 Å². The van der Waals surface area contributed by atoms with Gasteiger partial charge in [-0.15, -0.1) is 12.4 Å². The minimum atomic E-state index is 0. The van der Waals surface area contributed by atoms with E-state index >= 15 is 0 Å². The summed E-state index contributed by atoms with van der Waals surface area (Å²) in [6.07, 6.45) is 19.9. The molecule has 0 heterocycles. The fraction of sp³-hybridized carbons (Fsp3) is 1.00. The molecule has 0 rings (SSSR count). The summed E-state index contributed by atoms with van der Waals surface area (Å²) in [4.78, 5) is 0. The highest BCUT2D eigenvalue weighted by molar-refractivity contribution is 5.85. The van der Waals surface area contributed by atoms with Crippen LogP contribution in [0.5, 0.6) is 0 Å². The van der Waals surface area contributed by atoms with E-state index in [1.54, 1.807) is 0 Å². The number of nitrogens with one attached hydrogen (secondary N) is 1. The van der Waals surface area contributed by atoms with Crippen molar-refractivity contribution in [1.82, 2.24) is 5.32 Å². The highest BCUT2D eigenvalue weighted by Gasteiger charge is 1.93. The molecule has 2 heteroatoms. The maximum atomic E-state index is 3.59. The summed E-state index contributed by atoms with van der Waals surface area (Å²) in [5.74, 6) is 0. The molecule has 0 saturated heterocycles. The van der Waals surface area contributed by atoms with Crippen LogP contribution in [0.3, 0.4) is 0 Å².